The van der Waals surface area contributed by atoms with E-state index >= 15 is 0 Å². The molecule has 0 amide bonds. The van der Waals surface area contributed by atoms with Gasteiger partial charge in [0.25, 0.3) is 0 Å². The maximum absolute atomic E-state index is 6.30. The van der Waals surface area contributed by atoms with Gasteiger partial charge < -0.3 is 10.7 Å². The molecule has 0 atom stereocenters. The normalized spacial score (nSPS) is 11.3. The maximum atomic E-state index is 6.30. The Bertz CT molecular complexity index is 839. The fourth-order valence-electron chi connectivity index (χ4n) is 3.08. The minimum absolute atomic E-state index is 0.729. The van der Waals surface area contributed by atoms with Crippen LogP contribution < -0.4 is 5.73 Å². The number of halogens is 2. The SMILES string of the molecule is Cc1cc(Cl)cc2c(CCCCN)c(-c3ccccc3Br)[nH]c12. The van der Waals surface area contributed by atoms with Crippen molar-refractivity contribution in [3.8, 4) is 11.3 Å². The first-order valence-corrected chi connectivity index (χ1v) is 9.04. The summed E-state index contributed by atoms with van der Waals surface area (Å²) in [5.41, 5.74) is 11.7. The van der Waals surface area contributed by atoms with Crippen molar-refractivity contribution < 1.29 is 0 Å². The Balaban J connectivity index is 2.21. The van der Waals surface area contributed by atoms with Crippen LogP contribution in [0.15, 0.2) is 40.9 Å². The summed E-state index contributed by atoms with van der Waals surface area (Å²) in [5, 5.41) is 2.01. The fourth-order valence-corrected chi connectivity index (χ4v) is 3.84. The maximum Gasteiger partial charge on any atom is 0.0508 e. The van der Waals surface area contributed by atoms with Gasteiger partial charge in [-0.3, -0.25) is 0 Å². The van der Waals surface area contributed by atoms with Gasteiger partial charge in [0.1, 0.15) is 0 Å². The molecule has 23 heavy (non-hydrogen) atoms. The fraction of sp³-hybridized carbons (Fsp3) is 0.263. The molecule has 0 fully saturated rings. The van der Waals surface area contributed by atoms with Crippen LogP contribution in [0, 0.1) is 6.92 Å². The van der Waals surface area contributed by atoms with Gasteiger partial charge in [-0.2, -0.15) is 0 Å². The van der Waals surface area contributed by atoms with Crippen molar-refractivity contribution in [1.82, 2.24) is 4.98 Å². The number of aryl methyl sites for hydroxylation is 2. The van der Waals surface area contributed by atoms with E-state index < -0.39 is 0 Å². The number of aromatic nitrogens is 1. The molecule has 0 spiro atoms. The van der Waals surface area contributed by atoms with Crippen LogP contribution in [0.25, 0.3) is 22.2 Å². The Labute approximate surface area is 150 Å². The van der Waals surface area contributed by atoms with Gasteiger partial charge in [-0.1, -0.05) is 45.7 Å². The van der Waals surface area contributed by atoms with Crippen LogP contribution in [-0.2, 0) is 6.42 Å². The molecular formula is C19H20BrClN2. The van der Waals surface area contributed by atoms with Gasteiger partial charge in [-0.05, 0) is 62.1 Å². The second kappa shape index (κ2) is 7.08. The van der Waals surface area contributed by atoms with Crippen LogP contribution in [0.1, 0.15) is 24.0 Å². The average molecular weight is 392 g/mol. The lowest BCUT2D eigenvalue weighted by Gasteiger charge is -2.07. The van der Waals surface area contributed by atoms with E-state index in [1.807, 2.05) is 12.1 Å². The molecule has 2 nitrogen and oxygen atoms in total. The van der Waals surface area contributed by atoms with E-state index in [1.54, 1.807) is 0 Å². The van der Waals surface area contributed by atoms with Crippen LogP contribution >= 0.6 is 27.5 Å². The number of fused-ring (bicyclic) bond motifs is 1. The predicted octanol–water partition coefficient (Wildman–Crippen LogP) is 5.84. The molecule has 0 aliphatic heterocycles. The Morgan fingerprint density at radius 1 is 1.17 bits per heavy atom. The quantitative estimate of drug-likeness (QED) is 0.527. The van der Waals surface area contributed by atoms with Crippen LogP contribution in [0.4, 0.5) is 0 Å². The van der Waals surface area contributed by atoms with Crippen molar-refractivity contribution in [2.75, 3.05) is 6.54 Å². The third kappa shape index (κ3) is 3.32. The molecule has 2 aromatic carbocycles. The summed E-state index contributed by atoms with van der Waals surface area (Å²) in [6.45, 7) is 2.82. The lowest BCUT2D eigenvalue weighted by molar-refractivity contribution is 0.748. The monoisotopic (exact) mass is 390 g/mol. The van der Waals surface area contributed by atoms with E-state index in [9.17, 15) is 0 Å². The lowest BCUT2D eigenvalue weighted by Crippen LogP contribution is -1.99. The summed E-state index contributed by atoms with van der Waals surface area (Å²) in [7, 11) is 0. The number of unbranched alkanes of at least 4 members (excludes halogenated alkanes) is 1. The van der Waals surface area contributed by atoms with Crippen molar-refractivity contribution in [3.05, 3.63) is 57.0 Å². The molecule has 0 aliphatic rings. The van der Waals surface area contributed by atoms with E-state index in [0.717, 1.165) is 35.3 Å². The molecule has 1 heterocycles. The molecule has 0 saturated carbocycles. The van der Waals surface area contributed by atoms with Crippen molar-refractivity contribution in [2.45, 2.75) is 26.2 Å². The molecule has 0 unspecified atom stereocenters. The van der Waals surface area contributed by atoms with Crippen LogP contribution in [0.3, 0.4) is 0 Å². The Morgan fingerprint density at radius 3 is 2.70 bits per heavy atom. The zero-order valence-electron chi connectivity index (χ0n) is 13.1. The van der Waals surface area contributed by atoms with Gasteiger partial charge in [0.2, 0.25) is 0 Å². The highest BCUT2D eigenvalue weighted by molar-refractivity contribution is 9.10. The molecular weight excluding hydrogens is 372 g/mol. The van der Waals surface area contributed by atoms with Gasteiger partial charge in [0, 0.05) is 26.0 Å². The molecule has 3 N–H and O–H groups in total. The molecule has 3 aromatic rings. The van der Waals surface area contributed by atoms with Crippen LogP contribution in [-0.4, -0.2) is 11.5 Å². The summed E-state index contributed by atoms with van der Waals surface area (Å²) >= 11 is 9.97. The highest BCUT2D eigenvalue weighted by Crippen LogP contribution is 2.37. The second-order valence-electron chi connectivity index (χ2n) is 5.85. The van der Waals surface area contributed by atoms with E-state index in [0.29, 0.717) is 0 Å². The minimum Gasteiger partial charge on any atom is -0.354 e. The molecule has 1 aromatic heterocycles. The number of hydrogen-bond acceptors (Lipinski definition) is 1. The first kappa shape index (κ1) is 16.6. The molecule has 3 rings (SSSR count). The van der Waals surface area contributed by atoms with Gasteiger partial charge >= 0.3 is 0 Å². The number of aromatic amines is 1. The van der Waals surface area contributed by atoms with Crippen molar-refractivity contribution >= 4 is 38.4 Å². The Morgan fingerprint density at radius 2 is 1.96 bits per heavy atom. The van der Waals surface area contributed by atoms with Gasteiger partial charge in [0.05, 0.1) is 5.69 Å². The molecule has 0 radical (unpaired) electrons. The zero-order valence-corrected chi connectivity index (χ0v) is 15.5. The number of hydrogen-bond donors (Lipinski definition) is 2. The molecule has 0 bridgehead atoms. The van der Waals surface area contributed by atoms with Gasteiger partial charge in [-0.15, -0.1) is 0 Å². The number of nitrogens with two attached hydrogens (primary N) is 1. The van der Waals surface area contributed by atoms with Crippen molar-refractivity contribution in [1.29, 1.82) is 0 Å². The first-order valence-electron chi connectivity index (χ1n) is 7.87. The number of H-pyrrole nitrogens is 1. The van der Waals surface area contributed by atoms with Crippen LogP contribution in [0.5, 0.6) is 0 Å². The molecule has 0 aliphatic carbocycles. The topological polar surface area (TPSA) is 41.8 Å². The largest absolute Gasteiger partial charge is 0.354 e. The van der Waals surface area contributed by atoms with Crippen molar-refractivity contribution in [3.63, 3.8) is 0 Å². The predicted molar refractivity (Wildman–Crippen MR) is 103 cm³/mol. The van der Waals surface area contributed by atoms with Gasteiger partial charge in [0.15, 0.2) is 0 Å². The van der Waals surface area contributed by atoms with E-state index in [-0.39, 0.29) is 0 Å². The zero-order chi connectivity index (χ0) is 16.4. The summed E-state index contributed by atoms with van der Waals surface area (Å²) < 4.78 is 1.09. The third-order valence-corrected chi connectivity index (χ3v) is 5.11. The average Bonchev–Trinajstić information content (AvgIpc) is 2.87. The lowest BCUT2D eigenvalue weighted by atomic mass is 9.99. The van der Waals surface area contributed by atoms with E-state index in [1.165, 1.54) is 33.3 Å². The number of nitrogens with one attached hydrogen (secondary N) is 1. The standard InChI is InChI=1S/C19H20BrClN2/c1-12-10-13(21)11-16-14(6-4-5-9-22)19(23-18(12)16)15-7-2-3-8-17(15)20/h2-3,7-8,10-11,23H,4-6,9,22H2,1H3. The number of benzene rings is 2. The molecule has 4 heteroatoms. The highest BCUT2D eigenvalue weighted by atomic mass is 79.9. The smallest absolute Gasteiger partial charge is 0.0508 e. The highest BCUT2D eigenvalue weighted by Gasteiger charge is 2.16. The molecule has 0 saturated heterocycles. The van der Waals surface area contributed by atoms with Gasteiger partial charge in [-0.25, -0.2) is 0 Å². The van der Waals surface area contributed by atoms with E-state index in [2.05, 4.69) is 52.1 Å². The Kier molecular flexibility index (Phi) is 5.10. The summed E-state index contributed by atoms with van der Waals surface area (Å²) in [4.78, 5) is 3.62. The van der Waals surface area contributed by atoms with Crippen molar-refractivity contribution in [2.24, 2.45) is 5.73 Å². The second-order valence-corrected chi connectivity index (χ2v) is 7.14. The summed E-state index contributed by atoms with van der Waals surface area (Å²) in [6, 6.07) is 12.4. The third-order valence-electron chi connectivity index (χ3n) is 4.20. The molecule has 120 valence electrons. The van der Waals surface area contributed by atoms with E-state index in [4.69, 9.17) is 17.3 Å². The Hall–Kier alpha value is -1.29. The number of rotatable bonds is 5. The van der Waals surface area contributed by atoms with Crippen LogP contribution in [0.2, 0.25) is 5.02 Å². The minimum atomic E-state index is 0.729. The first-order chi connectivity index (χ1) is 11.1. The summed E-state index contributed by atoms with van der Waals surface area (Å²) in [5.74, 6) is 0. The summed E-state index contributed by atoms with van der Waals surface area (Å²) in [6.07, 6.45) is 3.10.